The third-order valence-electron chi connectivity index (χ3n) is 3.76. The molecule has 0 aromatic carbocycles. The van der Waals surface area contributed by atoms with Crippen LogP contribution in [0, 0.1) is 5.41 Å². The Labute approximate surface area is 113 Å². The van der Waals surface area contributed by atoms with Gasteiger partial charge in [-0.25, -0.2) is 5.43 Å². The number of Topliss-reactive ketones (excluding diaryl/α,β-unsaturated/α-hetero) is 1. The molecular formula is C13H23N3O3. The van der Waals surface area contributed by atoms with Crippen LogP contribution in [0.4, 0.5) is 0 Å². The van der Waals surface area contributed by atoms with Gasteiger partial charge in [0.05, 0.1) is 0 Å². The van der Waals surface area contributed by atoms with Gasteiger partial charge >= 0.3 is 0 Å². The molecule has 0 bridgehead atoms. The number of hydrogen-bond donors (Lipinski definition) is 2. The van der Waals surface area contributed by atoms with Crippen molar-refractivity contribution in [3.8, 4) is 0 Å². The van der Waals surface area contributed by atoms with Gasteiger partial charge in [0, 0.05) is 19.0 Å². The van der Waals surface area contributed by atoms with Gasteiger partial charge in [0.1, 0.15) is 6.04 Å². The zero-order valence-corrected chi connectivity index (χ0v) is 12.1. The maximum atomic E-state index is 12.2. The molecule has 0 aromatic rings. The molecule has 6 nitrogen and oxygen atoms in total. The zero-order chi connectivity index (χ0) is 14.6. The van der Waals surface area contributed by atoms with Gasteiger partial charge < -0.3 is 4.90 Å². The predicted octanol–water partition coefficient (Wildman–Crippen LogP) is 0.233. The van der Waals surface area contributed by atoms with Gasteiger partial charge in [0.15, 0.2) is 0 Å². The quantitative estimate of drug-likeness (QED) is 0.553. The minimum absolute atomic E-state index is 0.268. The summed E-state index contributed by atoms with van der Waals surface area (Å²) < 4.78 is 0. The van der Waals surface area contributed by atoms with Crippen molar-refractivity contribution in [2.24, 2.45) is 5.41 Å². The summed E-state index contributed by atoms with van der Waals surface area (Å²) in [4.78, 5) is 37.6. The van der Waals surface area contributed by atoms with Gasteiger partial charge in [-0.3, -0.25) is 19.8 Å². The maximum Gasteiger partial charge on any atom is 0.291 e. The summed E-state index contributed by atoms with van der Waals surface area (Å²) in [6.07, 6.45) is 1.94. The number of hydrazine groups is 1. The van der Waals surface area contributed by atoms with Crippen molar-refractivity contribution in [2.45, 2.75) is 46.1 Å². The van der Waals surface area contributed by atoms with Crippen LogP contribution in [0.3, 0.4) is 0 Å². The van der Waals surface area contributed by atoms with Gasteiger partial charge in [-0.2, -0.15) is 0 Å². The fraction of sp³-hybridized carbons (Fsp3) is 0.769. The Balaban J connectivity index is 2.81. The van der Waals surface area contributed by atoms with E-state index >= 15 is 0 Å². The van der Waals surface area contributed by atoms with E-state index in [4.69, 9.17) is 0 Å². The second-order valence-electron chi connectivity index (χ2n) is 5.46. The molecule has 1 atom stereocenters. The van der Waals surface area contributed by atoms with Crippen LogP contribution in [0.2, 0.25) is 0 Å². The lowest BCUT2D eigenvalue weighted by atomic mass is 9.84. The monoisotopic (exact) mass is 269 g/mol. The van der Waals surface area contributed by atoms with Crippen molar-refractivity contribution in [1.82, 2.24) is 15.8 Å². The smallest absolute Gasteiger partial charge is 0.291 e. The molecule has 1 heterocycles. The van der Waals surface area contributed by atoms with Gasteiger partial charge in [0.25, 0.3) is 11.8 Å². The molecule has 0 spiro atoms. The van der Waals surface area contributed by atoms with E-state index in [1.807, 2.05) is 6.92 Å². The Kier molecular flexibility index (Phi) is 5.05. The molecule has 19 heavy (non-hydrogen) atoms. The molecule has 0 radical (unpaired) electrons. The molecule has 108 valence electrons. The summed E-state index contributed by atoms with van der Waals surface area (Å²) in [6.45, 7) is 5.85. The van der Waals surface area contributed by atoms with Gasteiger partial charge in [-0.15, -0.1) is 0 Å². The highest BCUT2D eigenvalue weighted by Crippen LogP contribution is 2.25. The Bertz CT molecular complexity index is 379. The highest BCUT2D eigenvalue weighted by molar-refractivity contribution is 6.38. The average Bonchev–Trinajstić information content (AvgIpc) is 2.86. The van der Waals surface area contributed by atoms with Crippen LogP contribution in [-0.4, -0.2) is 42.1 Å². The molecule has 0 unspecified atom stereocenters. The SMILES string of the molecule is CCC(C)(C)C(=O)C(=O)N1CCC[C@H]1C(=O)NNC. The van der Waals surface area contributed by atoms with E-state index in [0.29, 0.717) is 19.4 Å². The second kappa shape index (κ2) is 6.14. The first-order valence-corrected chi connectivity index (χ1v) is 6.67. The van der Waals surface area contributed by atoms with Crippen LogP contribution in [-0.2, 0) is 14.4 Å². The highest BCUT2D eigenvalue weighted by Gasteiger charge is 2.40. The normalized spacial score (nSPS) is 19.4. The number of nitrogens with zero attached hydrogens (tertiary/aromatic N) is 1. The molecule has 0 aliphatic carbocycles. The van der Waals surface area contributed by atoms with E-state index in [-0.39, 0.29) is 5.91 Å². The molecule has 6 heteroatoms. The van der Waals surface area contributed by atoms with Crippen LogP contribution in [0.25, 0.3) is 0 Å². The summed E-state index contributed by atoms with van der Waals surface area (Å²) in [7, 11) is 1.59. The molecule has 1 aliphatic heterocycles. The van der Waals surface area contributed by atoms with Gasteiger partial charge in [-0.05, 0) is 19.3 Å². The fourth-order valence-electron chi connectivity index (χ4n) is 2.07. The lowest BCUT2D eigenvalue weighted by Gasteiger charge is -2.27. The van der Waals surface area contributed by atoms with Crippen molar-refractivity contribution in [3.63, 3.8) is 0 Å². The maximum absolute atomic E-state index is 12.2. The third kappa shape index (κ3) is 3.32. The van der Waals surface area contributed by atoms with Crippen LogP contribution < -0.4 is 10.9 Å². The zero-order valence-electron chi connectivity index (χ0n) is 12.1. The van der Waals surface area contributed by atoms with Crippen LogP contribution in [0.1, 0.15) is 40.0 Å². The molecule has 0 saturated carbocycles. The number of carbonyl (C=O) groups excluding carboxylic acids is 3. The Morgan fingerprint density at radius 3 is 2.47 bits per heavy atom. The summed E-state index contributed by atoms with van der Waals surface area (Å²) >= 11 is 0. The minimum atomic E-state index is -0.677. The summed E-state index contributed by atoms with van der Waals surface area (Å²) in [6, 6.07) is -0.545. The molecule has 0 aromatic heterocycles. The van der Waals surface area contributed by atoms with Crippen molar-refractivity contribution in [3.05, 3.63) is 0 Å². The van der Waals surface area contributed by atoms with E-state index in [0.717, 1.165) is 6.42 Å². The number of carbonyl (C=O) groups is 3. The van der Waals surface area contributed by atoms with Gasteiger partial charge in [0.2, 0.25) is 5.78 Å². The van der Waals surface area contributed by atoms with Crippen LogP contribution >= 0.6 is 0 Å². The molecule has 1 aliphatic rings. The number of amides is 2. The van der Waals surface area contributed by atoms with E-state index in [9.17, 15) is 14.4 Å². The molecule has 1 fully saturated rings. The first kappa shape index (κ1) is 15.6. The molecule has 1 saturated heterocycles. The summed E-state index contributed by atoms with van der Waals surface area (Å²) in [5, 5.41) is 0. The number of likely N-dealkylation sites (tertiary alicyclic amines) is 1. The molecular weight excluding hydrogens is 246 g/mol. The lowest BCUT2D eigenvalue weighted by Crippen LogP contribution is -2.52. The molecule has 2 amide bonds. The topological polar surface area (TPSA) is 78.5 Å². The average molecular weight is 269 g/mol. The van der Waals surface area contributed by atoms with Crippen LogP contribution in [0.15, 0.2) is 0 Å². The van der Waals surface area contributed by atoms with E-state index in [1.54, 1.807) is 20.9 Å². The number of rotatable bonds is 5. The number of hydrogen-bond acceptors (Lipinski definition) is 4. The third-order valence-corrected chi connectivity index (χ3v) is 3.76. The van der Waals surface area contributed by atoms with Crippen molar-refractivity contribution >= 4 is 17.6 Å². The first-order chi connectivity index (χ1) is 8.85. The highest BCUT2D eigenvalue weighted by atomic mass is 16.2. The Morgan fingerprint density at radius 2 is 1.95 bits per heavy atom. The largest absolute Gasteiger partial charge is 0.324 e. The van der Waals surface area contributed by atoms with E-state index in [1.165, 1.54) is 4.90 Å². The van der Waals surface area contributed by atoms with Crippen molar-refractivity contribution in [2.75, 3.05) is 13.6 Å². The van der Waals surface area contributed by atoms with Crippen LogP contribution in [0.5, 0.6) is 0 Å². The van der Waals surface area contributed by atoms with E-state index in [2.05, 4.69) is 10.9 Å². The summed E-state index contributed by atoms with van der Waals surface area (Å²) in [5.74, 6) is -1.23. The number of ketones is 1. The first-order valence-electron chi connectivity index (χ1n) is 6.67. The minimum Gasteiger partial charge on any atom is -0.324 e. The standard InChI is InChI=1S/C13H23N3O3/c1-5-13(2,3)10(17)12(19)16-8-6-7-9(16)11(18)15-14-4/h9,14H,5-8H2,1-4H3,(H,15,18)/t9-/m0/s1. The summed E-state index contributed by atoms with van der Waals surface area (Å²) in [5.41, 5.74) is 4.35. The number of nitrogens with one attached hydrogen (secondary N) is 2. The fourth-order valence-corrected chi connectivity index (χ4v) is 2.07. The molecule has 1 rings (SSSR count). The second-order valence-corrected chi connectivity index (χ2v) is 5.46. The van der Waals surface area contributed by atoms with E-state index < -0.39 is 23.1 Å². The van der Waals surface area contributed by atoms with Gasteiger partial charge in [-0.1, -0.05) is 20.8 Å². The van der Waals surface area contributed by atoms with Crippen molar-refractivity contribution in [1.29, 1.82) is 0 Å². The predicted molar refractivity (Wildman–Crippen MR) is 71.0 cm³/mol. The molecule has 2 N–H and O–H groups in total. The Hall–Kier alpha value is -1.43. The Morgan fingerprint density at radius 1 is 1.32 bits per heavy atom. The lowest BCUT2D eigenvalue weighted by molar-refractivity contribution is -0.151. The van der Waals surface area contributed by atoms with Crippen molar-refractivity contribution < 1.29 is 14.4 Å².